The van der Waals surface area contributed by atoms with Crippen molar-refractivity contribution in [3.63, 3.8) is 0 Å². The monoisotopic (exact) mass is 418 g/mol. The molecule has 0 saturated carbocycles. The van der Waals surface area contributed by atoms with Gasteiger partial charge in [0.25, 0.3) is 5.89 Å². The van der Waals surface area contributed by atoms with Crippen molar-refractivity contribution in [2.45, 2.75) is 13.0 Å². The number of hydrogen-bond acceptors (Lipinski definition) is 5. The molecule has 3 aromatic rings. The molecule has 1 aromatic heterocycles. The SMILES string of the molecule is C=CCN1C(=S)NC(c2ccccc2)C(c2nc(-c3ccc(OC)cc3)no2)=C1C. The van der Waals surface area contributed by atoms with Crippen molar-refractivity contribution in [3.05, 3.63) is 84.4 Å². The van der Waals surface area contributed by atoms with Crippen LogP contribution in [0.3, 0.4) is 0 Å². The number of allylic oxidation sites excluding steroid dienone is 1. The Balaban J connectivity index is 1.78. The lowest BCUT2D eigenvalue weighted by Gasteiger charge is -2.36. The first-order chi connectivity index (χ1) is 14.6. The molecule has 4 rings (SSSR count). The Morgan fingerprint density at radius 1 is 1.20 bits per heavy atom. The Morgan fingerprint density at radius 3 is 2.60 bits per heavy atom. The van der Waals surface area contributed by atoms with E-state index in [9.17, 15) is 0 Å². The minimum Gasteiger partial charge on any atom is -0.497 e. The van der Waals surface area contributed by atoms with Gasteiger partial charge < -0.3 is 19.5 Å². The number of thiocarbonyl (C=S) groups is 1. The van der Waals surface area contributed by atoms with Gasteiger partial charge in [0.2, 0.25) is 5.82 Å². The molecule has 1 aliphatic heterocycles. The molecule has 0 saturated heterocycles. The van der Waals surface area contributed by atoms with Crippen LogP contribution in [0.15, 0.2) is 77.5 Å². The molecule has 0 fully saturated rings. The average molecular weight is 419 g/mol. The molecule has 0 aliphatic carbocycles. The zero-order chi connectivity index (χ0) is 21.1. The summed E-state index contributed by atoms with van der Waals surface area (Å²) >= 11 is 5.61. The van der Waals surface area contributed by atoms with Crippen molar-refractivity contribution in [1.29, 1.82) is 0 Å². The highest BCUT2D eigenvalue weighted by Crippen LogP contribution is 2.37. The molecular weight excluding hydrogens is 396 g/mol. The first kappa shape index (κ1) is 19.8. The fraction of sp³-hybridized carbons (Fsp3) is 0.174. The second-order valence-electron chi connectivity index (χ2n) is 6.84. The molecule has 0 bridgehead atoms. The molecule has 0 radical (unpaired) electrons. The van der Waals surface area contributed by atoms with E-state index in [1.54, 1.807) is 7.11 Å². The van der Waals surface area contributed by atoms with Gasteiger partial charge in [0.05, 0.1) is 18.7 Å². The first-order valence-electron chi connectivity index (χ1n) is 9.55. The molecule has 1 atom stereocenters. The molecule has 6 nitrogen and oxygen atoms in total. The van der Waals surface area contributed by atoms with Crippen LogP contribution in [-0.4, -0.2) is 33.8 Å². The van der Waals surface area contributed by atoms with Crippen molar-refractivity contribution in [1.82, 2.24) is 20.4 Å². The van der Waals surface area contributed by atoms with Crippen LogP contribution in [0.5, 0.6) is 5.75 Å². The largest absolute Gasteiger partial charge is 0.497 e. The lowest BCUT2D eigenvalue weighted by molar-refractivity contribution is 0.399. The van der Waals surface area contributed by atoms with E-state index in [4.69, 9.17) is 26.5 Å². The molecule has 152 valence electrons. The van der Waals surface area contributed by atoms with E-state index in [1.165, 1.54) is 0 Å². The number of rotatable bonds is 6. The quantitative estimate of drug-likeness (QED) is 0.464. The summed E-state index contributed by atoms with van der Waals surface area (Å²) in [4.78, 5) is 6.67. The van der Waals surface area contributed by atoms with Gasteiger partial charge in [-0.25, -0.2) is 0 Å². The summed E-state index contributed by atoms with van der Waals surface area (Å²) in [6, 6.07) is 17.4. The number of benzene rings is 2. The van der Waals surface area contributed by atoms with Crippen LogP contribution in [0.25, 0.3) is 17.0 Å². The third kappa shape index (κ3) is 3.71. The van der Waals surface area contributed by atoms with Crippen LogP contribution < -0.4 is 10.1 Å². The van der Waals surface area contributed by atoms with Gasteiger partial charge in [0.15, 0.2) is 5.11 Å². The first-order valence-corrected chi connectivity index (χ1v) is 9.96. The molecule has 1 N–H and O–H groups in total. The lowest BCUT2D eigenvalue weighted by Crippen LogP contribution is -2.45. The normalized spacial score (nSPS) is 16.4. The fourth-order valence-electron chi connectivity index (χ4n) is 3.49. The lowest BCUT2D eigenvalue weighted by atomic mass is 9.95. The van der Waals surface area contributed by atoms with Crippen LogP contribution in [-0.2, 0) is 0 Å². The summed E-state index contributed by atoms with van der Waals surface area (Å²) in [5.41, 5.74) is 3.76. The van der Waals surface area contributed by atoms with Crippen molar-refractivity contribution in [2.75, 3.05) is 13.7 Å². The highest BCUT2D eigenvalue weighted by molar-refractivity contribution is 7.80. The van der Waals surface area contributed by atoms with Crippen LogP contribution in [0.2, 0.25) is 0 Å². The van der Waals surface area contributed by atoms with E-state index >= 15 is 0 Å². The fourth-order valence-corrected chi connectivity index (χ4v) is 3.82. The molecule has 0 amide bonds. The molecule has 1 aliphatic rings. The topological polar surface area (TPSA) is 63.4 Å². The van der Waals surface area contributed by atoms with Gasteiger partial charge in [-0.15, -0.1) is 6.58 Å². The minimum atomic E-state index is -0.191. The second-order valence-corrected chi connectivity index (χ2v) is 7.23. The average Bonchev–Trinajstić information content (AvgIpc) is 3.26. The standard InChI is InChI=1S/C23H22N4O2S/c1-4-14-27-15(2)19(20(24-23(27)30)16-8-6-5-7-9-16)22-25-21(26-29-22)17-10-12-18(28-3)13-11-17/h4-13,20H,1,14H2,2-3H3,(H,24,30). The summed E-state index contributed by atoms with van der Waals surface area (Å²) < 4.78 is 10.9. The molecule has 30 heavy (non-hydrogen) atoms. The zero-order valence-electron chi connectivity index (χ0n) is 16.8. The highest BCUT2D eigenvalue weighted by atomic mass is 32.1. The van der Waals surface area contributed by atoms with Crippen LogP contribution in [0.4, 0.5) is 0 Å². The number of ether oxygens (including phenoxy) is 1. The molecule has 2 aromatic carbocycles. The number of aromatic nitrogens is 2. The van der Waals surface area contributed by atoms with Gasteiger partial charge >= 0.3 is 0 Å². The third-order valence-electron chi connectivity index (χ3n) is 5.05. The van der Waals surface area contributed by atoms with Gasteiger partial charge in [-0.2, -0.15) is 4.98 Å². The van der Waals surface area contributed by atoms with Gasteiger partial charge in [0, 0.05) is 17.8 Å². The maximum absolute atomic E-state index is 5.71. The molecule has 0 spiro atoms. The van der Waals surface area contributed by atoms with Gasteiger partial charge in [-0.05, 0) is 49.0 Å². The highest BCUT2D eigenvalue weighted by Gasteiger charge is 2.33. The molecule has 7 heteroatoms. The molecular formula is C23H22N4O2S. The Morgan fingerprint density at radius 2 is 1.93 bits per heavy atom. The number of nitrogens with one attached hydrogen (secondary N) is 1. The summed E-state index contributed by atoms with van der Waals surface area (Å²) in [6.07, 6.45) is 1.81. The van der Waals surface area contributed by atoms with Gasteiger partial charge in [0.1, 0.15) is 5.75 Å². The summed E-state index contributed by atoms with van der Waals surface area (Å²) in [7, 11) is 1.63. The van der Waals surface area contributed by atoms with E-state index in [1.807, 2.05) is 60.4 Å². The Bertz CT molecular complexity index is 1090. The Labute approximate surface area is 180 Å². The summed E-state index contributed by atoms with van der Waals surface area (Å²) in [6.45, 7) is 6.44. The van der Waals surface area contributed by atoms with E-state index in [0.29, 0.717) is 23.4 Å². The predicted octanol–water partition coefficient (Wildman–Crippen LogP) is 4.59. The second kappa shape index (κ2) is 8.51. The van der Waals surface area contributed by atoms with Crippen molar-refractivity contribution >= 4 is 22.9 Å². The van der Waals surface area contributed by atoms with Crippen LogP contribution in [0, 0.1) is 0 Å². The van der Waals surface area contributed by atoms with Crippen molar-refractivity contribution < 1.29 is 9.26 Å². The molecule has 2 heterocycles. The Hall–Kier alpha value is -3.45. The van der Waals surface area contributed by atoms with E-state index in [-0.39, 0.29) is 6.04 Å². The number of nitrogens with zero attached hydrogens (tertiary/aromatic N) is 3. The predicted molar refractivity (Wildman–Crippen MR) is 121 cm³/mol. The summed E-state index contributed by atoms with van der Waals surface area (Å²) in [5.74, 6) is 1.75. The Kier molecular flexibility index (Phi) is 5.63. The minimum absolute atomic E-state index is 0.191. The van der Waals surface area contributed by atoms with Gasteiger partial charge in [-0.3, -0.25) is 0 Å². The molecule has 1 unspecified atom stereocenters. The third-order valence-corrected chi connectivity index (χ3v) is 5.38. The van der Waals surface area contributed by atoms with E-state index in [0.717, 1.165) is 28.1 Å². The van der Waals surface area contributed by atoms with Crippen molar-refractivity contribution in [2.24, 2.45) is 0 Å². The van der Waals surface area contributed by atoms with Crippen molar-refractivity contribution in [3.8, 4) is 17.1 Å². The van der Waals surface area contributed by atoms with Crippen LogP contribution in [0.1, 0.15) is 24.4 Å². The smallest absolute Gasteiger partial charge is 0.258 e. The van der Waals surface area contributed by atoms with Gasteiger partial charge in [-0.1, -0.05) is 41.6 Å². The zero-order valence-corrected chi connectivity index (χ0v) is 17.6. The maximum atomic E-state index is 5.71. The van der Waals surface area contributed by atoms with Crippen LogP contribution >= 0.6 is 12.2 Å². The maximum Gasteiger partial charge on any atom is 0.258 e. The van der Waals surface area contributed by atoms with E-state index < -0.39 is 0 Å². The number of hydrogen-bond donors (Lipinski definition) is 1. The number of methoxy groups -OCH3 is 1. The summed E-state index contributed by atoms with van der Waals surface area (Å²) in [5, 5.41) is 8.27. The van der Waals surface area contributed by atoms with E-state index in [2.05, 4.69) is 29.2 Å².